The Balaban J connectivity index is 1.14. The lowest BCUT2D eigenvalue weighted by molar-refractivity contribution is -0.123. The van der Waals surface area contributed by atoms with Crippen molar-refractivity contribution in [1.29, 1.82) is 0 Å². The summed E-state index contributed by atoms with van der Waals surface area (Å²) in [5.74, 6) is 1.02. The van der Waals surface area contributed by atoms with E-state index in [1.807, 2.05) is 48.5 Å². The molecule has 2 unspecified atom stereocenters. The number of amides is 1. The number of hydrogen-bond donors (Lipinski definition) is 3. The Bertz CT molecular complexity index is 1200. The van der Waals surface area contributed by atoms with Crippen LogP contribution in [0.1, 0.15) is 18.0 Å². The van der Waals surface area contributed by atoms with E-state index in [1.165, 1.54) is 0 Å². The standard InChI is InChI=1S/C23H23N7O2/c31-23(19-15-18(25-26-19)16-7-3-1-4-8-16)24-13-14-32-21-12-11-20-27-28-22(30(20)29-21)17-9-5-2-6-10-17/h1-12,18-19,25-26H,13-15H2,(H,24,31). The fourth-order valence-corrected chi connectivity index (χ4v) is 3.70. The van der Waals surface area contributed by atoms with Crippen LogP contribution in [-0.2, 0) is 4.79 Å². The summed E-state index contributed by atoms with van der Waals surface area (Å²) >= 11 is 0. The Hall–Kier alpha value is -3.82. The SMILES string of the molecule is O=C(NCCOc1ccc2nnc(-c3ccccc3)n2n1)C1CC(c2ccccc2)NN1. The highest BCUT2D eigenvalue weighted by molar-refractivity contribution is 5.82. The smallest absolute Gasteiger partial charge is 0.238 e. The van der Waals surface area contributed by atoms with Crippen molar-refractivity contribution >= 4 is 11.6 Å². The number of fused-ring (bicyclic) bond motifs is 1. The van der Waals surface area contributed by atoms with Crippen molar-refractivity contribution in [2.45, 2.75) is 18.5 Å². The average Bonchev–Trinajstić information content (AvgIpc) is 3.50. The van der Waals surface area contributed by atoms with Gasteiger partial charge in [-0.25, -0.2) is 10.9 Å². The lowest BCUT2D eigenvalue weighted by atomic mass is 10.0. The van der Waals surface area contributed by atoms with Crippen LogP contribution in [0.25, 0.3) is 17.0 Å². The minimum Gasteiger partial charge on any atom is -0.475 e. The molecule has 0 bridgehead atoms. The molecule has 1 saturated heterocycles. The number of rotatable bonds is 7. The molecular formula is C23H23N7O2. The topological polar surface area (TPSA) is 105 Å². The molecule has 2 aromatic heterocycles. The number of hydrazine groups is 1. The highest BCUT2D eigenvalue weighted by Crippen LogP contribution is 2.22. The molecule has 2 atom stereocenters. The molecule has 1 amide bonds. The maximum Gasteiger partial charge on any atom is 0.238 e. The summed E-state index contributed by atoms with van der Waals surface area (Å²) < 4.78 is 7.39. The fourth-order valence-electron chi connectivity index (χ4n) is 3.70. The zero-order chi connectivity index (χ0) is 21.8. The van der Waals surface area contributed by atoms with E-state index in [0.29, 0.717) is 36.9 Å². The molecule has 1 aliphatic rings. The number of nitrogens with zero attached hydrogens (tertiary/aromatic N) is 4. The number of nitrogens with one attached hydrogen (secondary N) is 3. The van der Waals surface area contributed by atoms with Gasteiger partial charge in [0.05, 0.1) is 6.54 Å². The summed E-state index contributed by atoms with van der Waals surface area (Å²) in [5, 5.41) is 15.8. The minimum absolute atomic E-state index is 0.0619. The van der Waals surface area contributed by atoms with Gasteiger partial charge in [-0.15, -0.1) is 15.3 Å². The molecule has 9 nitrogen and oxygen atoms in total. The Morgan fingerprint density at radius 3 is 2.59 bits per heavy atom. The van der Waals surface area contributed by atoms with Crippen molar-refractivity contribution < 1.29 is 9.53 Å². The van der Waals surface area contributed by atoms with Crippen molar-refractivity contribution in [3.63, 3.8) is 0 Å². The lowest BCUT2D eigenvalue weighted by Gasteiger charge is -2.11. The summed E-state index contributed by atoms with van der Waals surface area (Å²) in [6.07, 6.45) is 0.685. The van der Waals surface area contributed by atoms with E-state index in [9.17, 15) is 4.79 Å². The fraction of sp³-hybridized carbons (Fsp3) is 0.217. The molecule has 32 heavy (non-hydrogen) atoms. The van der Waals surface area contributed by atoms with Crippen LogP contribution in [0.4, 0.5) is 0 Å². The summed E-state index contributed by atoms with van der Waals surface area (Å²) in [5.41, 5.74) is 8.97. The molecule has 1 fully saturated rings. The van der Waals surface area contributed by atoms with Crippen molar-refractivity contribution in [2.75, 3.05) is 13.2 Å². The van der Waals surface area contributed by atoms with Gasteiger partial charge in [-0.05, 0) is 18.1 Å². The molecule has 0 aliphatic carbocycles. The number of hydrogen-bond acceptors (Lipinski definition) is 7. The minimum atomic E-state index is -0.292. The molecule has 162 valence electrons. The predicted octanol–water partition coefficient (Wildman–Crippen LogP) is 1.89. The van der Waals surface area contributed by atoms with Gasteiger partial charge in [0.2, 0.25) is 11.8 Å². The van der Waals surface area contributed by atoms with Crippen LogP contribution in [0.2, 0.25) is 0 Å². The number of benzene rings is 2. The summed E-state index contributed by atoms with van der Waals surface area (Å²) in [6.45, 7) is 0.676. The zero-order valence-corrected chi connectivity index (χ0v) is 17.3. The van der Waals surface area contributed by atoms with E-state index >= 15 is 0 Å². The van der Waals surface area contributed by atoms with Gasteiger partial charge in [0.25, 0.3) is 0 Å². The van der Waals surface area contributed by atoms with Gasteiger partial charge in [0.1, 0.15) is 12.6 Å². The molecule has 3 heterocycles. The second-order valence-electron chi connectivity index (χ2n) is 7.51. The average molecular weight is 429 g/mol. The highest BCUT2D eigenvalue weighted by Gasteiger charge is 2.29. The summed E-state index contributed by atoms with van der Waals surface area (Å²) in [4.78, 5) is 12.5. The van der Waals surface area contributed by atoms with Crippen molar-refractivity contribution in [3.05, 3.63) is 78.4 Å². The van der Waals surface area contributed by atoms with Crippen molar-refractivity contribution in [2.24, 2.45) is 0 Å². The van der Waals surface area contributed by atoms with Gasteiger partial charge < -0.3 is 10.1 Å². The van der Waals surface area contributed by atoms with Crippen molar-refractivity contribution in [1.82, 2.24) is 36.0 Å². The Labute approximate surface area is 184 Å². The molecule has 9 heteroatoms. The first-order valence-corrected chi connectivity index (χ1v) is 10.5. The van der Waals surface area contributed by atoms with E-state index in [1.54, 1.807) is 16.6 Å². The molecule has 1 aliphatic heterocycles. The van der Waals surface area contributed by atoms with Crippen LogP contribution in [-0.4, -0.2) is 44.9 Å². The lowest BCUT2D eigenvalue weighted by Crippen LogP contribution is -2.44. The van der Waals surface area contributed by atoms with E-state index < -0.39 is 0 Å². The van der Waals surface area contributed by atoms with Gasteiger partial charge >= 0.3 is 0 Å². The molecule has 4 aromatic rings. The molecular weight excluding hydrogens is 406 g/mol. The maximum atomic E-state index is 12.5. The van der Waals surface area contributed by atoms with Crippen LogP contribution in [0.3, 0.4) is 0 Å². The zero-order valence-electron chi connectivity index (χ0n) is 17.3. The Morgan fingerprint density at radius 2 is 1.78 bits per heavy atom. The highest BCUT2D eigenvalue weighted by atomic mass is 16.5. The van der Waals surface area contributed by atoms with Gasteiger partial charge in [0, 0.05) is 17.7 Å². The summed E-state index contributed by atoms with van der Waals surface area (Å²) in [7, 11) is 0. The van der Waals surface area contributed by atoms with E-state index in [4.69, 9.17) is 4.74 Å². The van der Waals surface area contributed by atoms with Gasteiger partial charge in [-0.3, -0.25) is 4.79 Å². The second-order valence-corrected chi connectivity index (χ2v) is 7.51. The largest absolute Gasteiger partial charge is 0.475 e. The first-order chi connectivity index (χ1) is 15.8. The van der Waals surface area contributed by atoms with Crippen LogP contribution in [0, 0.1) is 0 Å². The number of aromatic nitrogens is 4. The van der Waals surface area contributed by atoms with Gasteiger partial charge in [0.15, 0.2) is 11.5 Å². The molecule has 2 aromatic carbocycles. The van der Waals surface area contributed by atoms with Crippen molar-refractivity contribution in [3.8, 4) is 17.3 Å². The summed E-state index contributed by atoms with van der Waals surface area (Å²) in [6, 6.07) is 23.2. The quantitative estimate of drug-likeness (QED) is 0.385. The molecule has 0 radical (unpaired) electrons. The first-order valence-electron chi connectivity index (χ1n) is 10.5. The third-order valence-electron chi connectivity index (χ3n) is 5.34. The monoisotopic (exact) mass is 429 g/mol. The maximum absolute atomic E-state index is 12.5. The second kappa shape index (κ2) is 9.13. The number of ether oxygens (including phenoxy) is 1. The molecule has 0 saturated carbocycles. The van der Waals surface area contributed by atoms with E-state index in [0.717, 1.165) is 11.1 Å². The molecule has 5 rings (SSSR count). The third kappa shape index (κ3) is 4.29. The van der Waals surface area contributed by atoms with Crippen LogP contribution < -0.4 is 20.9 Å². The van der Waals surface area contributed by atoms with Gasteiger partial charge in [-0.2, -0.15) is 4.52 Å². The predicted molar refractivity (Wildman–Crippen MR) is 119 cm³/mol. The van der Waals surface area contributed by atoms with E-state index in [2.05, 4.69) is 43.6 Å². The Kier molecular flexibility index (Phi) is 5.73. The van der Waals surface area contributed by atoms with Crippen LogP contribution >= 0.6 is 0 Å². The molecule has 0 spiro atoms. The van der Waals surface area contributed by atoms with Gasteiger partial charge in [-0.1, -0.05) is 60.7 Å². The first kappa shape index (κ1) is 20.1. The number of carbonyl (C=O) groups is 1. The van der Waals surface area contributed by atoms with E-state index in [-0.39, 0.29) is 18.0 Å². The van der Waals surface area contributed by atoms with Crippen LogP contribution in [0.5, 0.6) is 5.88 Å². The number of carbonyl (C=O) groups excluding carboxylic acids is 1. The van der Waals surface area contributed by atoms with Crippen LogP contribution in [0.15, 0.2) is 72.8 Å². The normalized spacial score (nSPS) is 18.0. The molecule has 3 N–H and O–H groups in total. The Morgan fingerprint density at radius 1 is 1.00 bits per heavy atom. The third-order valence-corrected chi connectivity index (χ3v) is 5.34.